The molecule has 1 aromatic heterocycles. The van der Waals surface area contributed by atoms with E-state index in [2.05, 4.69) is 54.1 Å². The number of rotatable bonds is 2. The number of hydrogen-bond acceptors (Lipinski definition) is 2. The number of nitrogens with zero attached hydrogens (tertiary/aromatic N) is 1. The molecule has 0 saturated carbocycles. The molecule has 0 saturated heterocycles. The number of pyridine rings is 1. The third-order valence-electron chi connectivity index (χ3n) is 3.45. The predicted octanol–water partition coefficient (Wildman–Crippen LogP) is 3.39. The summed E-state index contributed by atoms with van der Waals surface area (Å²) in [5.74, 6) is 0. The minimum atomic E-state index is -4.02. The highest BCUT2D eigenvalue weighted by atomic mass is 32.2. The lowest BCUT2D eigenvalue weighted by Crippen LogP contribution is -2.32. The summed E-state index contributed by atoms with van der Waals surface area (Å²) in [6.45, 7) is 5.03. The van der Waals surface area contributed by atoms with Crippen molar-refractivity contribution in [1.29, 1.82) is 0 Å². The molecule has 5 heteroatoms. The molecule has 0 bridgehead atoms. The fraction of sp³-hybridized carbons (Fsp3) is 0.167. The first-order valence-corrected chi connectivity index (χ1v) is 8.77. The molecule has 0 radical (unpaired) electrons. The van der Waals surface area contributed by atoms with Gasteiger partial charge in [0.25, 0.3) is 10.1 Å². The van der Waals surface area contributed by atoms with Gasteiger partial charge in [-0.2, -0.15) is 13.0 Å². The van der Waals surface area contributed by atoms with Gasteiger partial charge in [-0.3, -0.25) is 4.55 Å². The van der Waals surface area contributed by atoms with E-state index in [1.807, 2.05) is 6.92 Å². The molecule has 1 heterocycles. The Morgan fingerprint density at radius 1 is 0.957 bits per heavy atom. The average molecular weight is 330 g/mol. The van der Waals surface area contributed by atoms with E-state index in [-0.39, 0.29) is 4.90 Å². The molecule has 120 valence electrons. The van der Waals surface area contributed by atoms with Crippen LogP contribution in [0, 0.1) is 6.92 Å². The summed E-state index contributed by atoms with van der Waals surface area (Å²) >= 11 is 0. The molecule has 3 rings (SSSR count). The molecule has 23 heavy (non-hydrogen) atoms. The Labute approximate surface area is 136 Å². The Bertz CT molecular complexity index is 882. The summed E-state index contributed by atoms with van der Waals surface area (Å²) in [5, 5.41) is 1.31. The highest BCUT2D eigenvalue weighted by Crippen LogP contribution is 2.08. The van der Waals surface area contributed by atoms with Crippen LogP contribution in [0.3, 0.4) is 0 Å². The van der Waals surface area contributed by atoms with Gasteiger partial charge in [0.15, 0.2) is 6.20 Å². The number of hydrogen-bond donors (Lipinski definition) is 1. The normalized spacial score (nSPS) is 10.9. The zero-order valence-corrected chi connectivity index (χ0v) is 14.0. The van der Waals surface area contributed by atoms with Crippen molar-refractivity contribution in [3.8, 4) is 0 Å². The van der Waals surface area contributed by atoms with Crippen LogP contribution in [0.25, 0.3) is 10.9 Å². The van der Waals surface area contributed by atoms with Crippen molar-refractivity contribution in [3.05, 3.63) is 72.4 Å². The van der Waals surface area contributed by atoms with Gasteiger partial charge in [-0.1, -0.05) is 29.8 Å². The van der Waals surface area contributed by atoms with Gasteiger partial charge in [0.2, 0.25) is 5.52 Å². The van der Waals surface area contributed by atoms with Crippen molar-refractivity contribution in [3.63, 3.8) is 0 Å². The lowest BCUT2D eigenvalue weighted by Gasteiger charge is -1.96. The van der Waals surface area contributed by atoms with Gasteiger partial charge in [0.05, 0.1) is 4.90 Å². The predicted molar refractivity (Wildman–Crippen MR) is 90.8 cm³/mol. The van der Waals surface area contributed by atoms with Crippen molar-refractivity contribution >= 4 is 21.0 Å². The van der Waals surface area contributed by atoms with E-state index in [4.69, 9.17) is 4.55 Å². The van der Waals surface area contributed by atoms with Gasteiger partial charge < -0.3 is 0 Å². The van der Waals surface area contributed by atoms with Crippen LogP contribution < -0.4 is 4.57 Å². The zero-order valence-electron chi connectivity index (χ0n) is 13.2. The summed E-state index contributed by atoms with van der Waals surface area (Å²) in [6, 6.07) is 18.7. The molecule has 0 amide bonds. The molecule has 0 unspecified atom stereocenters. The number of aromatic nitrogens is 1. The van der Waals surface area contributed by atoms with Gasteiger partial charge in [-0.05, 0) is 38.1 Å². The van der Waals surface area contributed by atoms with Crippen molar-refractivity contribution < 1.29 is 17.5 Å². The van der Waals surface area contributed by atoms with Crippen LogP contribution in [0.5, 0.6) is 0 Å². The molecular weight excluding hydrogens is 310 g/mol. The number of benzene rings is 2. The number of para-hydroxylation sites is 1. The van der Waals surface area contributed by atoms with E-state index in [1.165, 1.54) is 23.0 Å². The van der Waals surface area contributed by atoms with Crippen molar-refractivity contribution in [2.45, 2.75) is 25.3 Å². The summed E-state index contributed by atoms with van der Waals surface area (Å²) in [7, 11) is -4.02. The first kappa shape index (κ1) is 17.1. The second-order valence-corrected chi connectivity index (χ2v) is 6.56. The molecule has 3 aromatic rings. The number of aryl methyl sites for hydroxylation is 2. The summed E-state index contributed by atoms with van der Waals surface area (Å²) in [4.78, 5) is -0.0666. The van der Waals surface area contributed by atoms with Gasteiger partial charge >= 0.3 is 0 Å². The minimum absolute atomic E-state index is 0.0666. The number of fused-ring (bicyclic) bond motifs is 1. The Hall–Kier alpha value is -2.24. The van der Waals surface area contributed by atoms with Crippen LogP contribution in [-0.4, -0.2) is 13.0 Å². The average Bonchev–Trinajstić information content (AvgIpc) is 2.54. The van der Waals surface area contributed by atoms with Gasteiger partial charge in [0, 0.05) is 17.5 Å². The first-order chi connectivity index (χ1) is 10.9. The fourth-order valence-corrected chi connectivity index (χ4v) is 2.69. The van der Waals surface area contributed by atoms with Crippen LogP contribution in [0.15, 0.2) is 71.8 Å². The molecular formula is C18H20NO3S+. The SMILES string of the molecule is CC[n+]1cccc2ccccc21.Cc1ccc(S(=O)(=O)O)cc1. The third kappa shape index (κ3) is 4.61. The molecule has 0 aliphatic carbocycles. The minimum Gasteiger partial charge on any atom is -0.282 e. The lowest BCUT2D eigenvalue weighted by atomic mass is 10.2. The maximum Gasteiger partial charge on any atom is 0.294 e. The Morgan fingerprint density at radius 2 is 1.57 bits per heavy atom. The van der Waals surface area contributed by atoms with Gasteiger partial charge in [-0.15, -0.1) is 0 Å². The largest absolute Gasteiger partial charge is 0.294 e. The van der Waals surface area contributed by atoms with Crippen molar-refractivity contribution in [2.75, 3.05) is 0 Å². The monoisotopic (exact) mass is 330 g/mol. The van der Waals surface area contributed by atoms with E-state index >= 15 is 0 Å². The third-order valence-corrected chi connectivity index (χ3v) is 4.32. The van der Waals surface area contributed by atoms with Crippen LogP contribution >= 0.6 is 0 Å². The van der Waals surface area contributed by atoms with E-state index in [9.17, 15) is 8.42 Å². The molecule has 2 aromatic carbocycles. The molecule has 0 spiro atoms. The zero-order chi connectivity index (χ0) is 16.9. The Balaban J connectivity index is 0.000000168. The smallest absolute Gasteiger partial charge is 0.282 e. The standard InChI is InChI=1S/C11H12N.C7H8O3S/c1-2-12-9-5-7-10-6-3-4-8-11(10)12;1-6-2-4-7(5-3-6)11(8,9)10/h3-9H,2H2,1H3;2-5H,1H3,(H,8,9,10)/q+1;. The lowest BCUT2D eigenvalue weighted by molar-refractivity contribution is -0.667. The van der Waals surface area contributed by atoms with Gasteiger partial charge in [0.1, 0.15) is 6.54 Å². The molecule has 4 nitrogen and oxygen atoms in total. The summed E-state index contributed by atoms with van der Waals surface area (Å²) in [6.07, 6.45) is 2.11. The molecule has 0 aliphatic rings. The van der Waals surface area contributed by atoms with Crippen molar-refractivity contribution in [1.82, 2.24) is 0 Å². The van der Waals surface area contributed by atoms with Crippen LogP contribution in [-0.2, 0) is 16.7 Å². The highest BCUT2D eigenvalue weighted by Gasteiger charge is 2.06. The van der Waals surface area contributed by atoms with E-state index in [0.717, 1.165) is 12.1 Å². The summed E-state index contributed by atoms with van der Waals surface area (Å²) in [5.41, 5.74) is 2.26. The second-order valence-electron chi connectivity index (χ2n) is 5.14. The molecule has 0 atom stereocenters. The van der Waals surface area contributed by atoms with E-state index in [1.54, 1.807) is 12.1 Å². The maximum absolute atomic E-state index is 10.5. The van der Waals surface area contributed by atoms with E-state index < -0.39 is 10.1 Å². The van der Waals surface area contributed by atoms with Crippen LogP contribution in [0.4, 0.5) is 0 Å². The van der Waals surface area contributed by atoms with Crippen molar-refractivity contribution in [2.24, 2.45) is 0 Å². The van der Waals surface area contributed by atoms with Crippen LogP contribution in [0.1, 0.15) is 12.5 Å². The summed E-state index contributed by atoms with van der Waals surface area (Å²) < 4.78 is 31.8. The quantitative estimate of drug-likeness (QED) is 0.579. The molecule has 0 aliphatic heterocycles. The molecule has 1 N–H and O–H groups in total. The van der Waals surface area contributed by atoms with E-state index in [0.29, 0.717) is 0 Å². The maximum atomic E-state index is 10.5. The van der Waals surface area contributed by atoms with Crippen LogP contribution in [0.2, 0.25) is 0 Å². The van der Waals surface area contributed by atoms with Gasteiger partial charge in [-0.25, -0.2) is 0 Å². The Morgan fingerprint density at radius 3 is 2.17 bits per heavy atom. The first-order valence-electron chi connectivity index (χ1n) is 7.33. The highest BCUT2D eigenvalue weighted by molar-refractivity contribution is 7.85. The second kappa shape index (κ2) is 7.35. The topological polar surface area (TPSA) is 58.2 Å². The fourth-order valence-electron chi connectivity index (χ4n) is 2.21. The Kier molecular flexibility index (Phi) is 5.47. The molecule has 0 fully saturated rings.